The standard InChI is InChI=1S/C19H15N3O4S/c1-25-13-4-2-3-12(7-13)18(23)20-9-17-21-15(10-27-17)11-5-6-14-16(8-11)26-19(24)22-14/h2-8,10H,9H2,1H3,(H,20,23)(H,22,24). The van der Waals surface area contributed by atoms with Gasteiger partial charge >= 0.3 is 5.76 Å². The van der Waals surface area contributed by atoms with Gasteiger partial charge in [-0.3, -0.25) is 9.78 Å². The minimum atomic E-state index is -0.485. The molecule has 0 spiro atoms. The second-order valence-corrected chi connectivity index (χ2v) is 6.71. The summed E-state index contributed by atoms with van der Waals surface area (Å²) in [6, 6.07) is 12.4. The lowest BCUT2D eigenvalue weighted by molar-refractivity contribution is 0.0950. The molecule has 0 aliphatic carbocycles. The van der Waals surface area contributed by atoms with Crippen molar-refractivity contribution in [1.82, 2.24) is 15.3 Å². The van der Waals surface area contributed by atoms with E-state index in [2.05, 4.69) is 15.3 Å². The number of nitrogens with zero attached hydrogens (tertiary/aromatic N) is 1. The molecule has 27 heavy (non-hydrogen) atoms. The molecular formula is C19H15N3O4S. The number of oxazole rings is 1. The van der Waals surface area contributed by atoms with Crippen molar-refractivity contribution >= 4 is 28.3 Å². The molecular weight excluding hydrogens is 366 g/mol. The summed E-state index contributed by atoms with van der Waals surface area (Å²) in [7, 11) is 1.56. The number of aromatic amines is 1. The van der Waals surface area contributed by atoms with E-state index in [1.165, 1.54) is 11.3 Å². The van der Waals surface area contributed by atoms with Crippen LogP contribution in [-0.2, 0) is 6.54 Å². The normalized spacial score (nSPS) is 10.9. The van der Waals surface area contributed by atoms with Crippen molar-refractivity contribution in [2.24, 2.45) is 0 Å². The first-order valence-electron chi connectivity index (χ1n) is 8.12. The van der Waals surface area contributed by atoms with Gasteiger partial charge in [-0.25, -0.2) is 9.78 Å². The maximum absolute atomic E-state index is 12.3. The van der Waals surface area contributed by atoms with Crippen molar-refractivity contribution in [2.75, 3.05) is 7.11 Å². The smallest absolute Gasteiger partial charge is 0.417 e. The Morgan fingerprint density at radius 1 is 1.30 bits per heavy atom. The number of hydrogen-bond donors (Lipinski definition) is 2. The number of amides is 1. The van der Waals surface area contributed by atoms with Gasteiger partial charge in [0, 0.05) is 16.5 Å². The molecule has 0 radical (unpaired) electrons. The lowest BCUT2D eigenvalue weighted by Gasteiger charge is -2.05. The minimum Gasteiger partial charge on any atom is -0.497 e. The molecule has 0 unspecified atom stereocenters. The summed E-state index contributed by atoms with van der Waals surface area (Å²) in [4.78, 5) is 30.7. The third-order valence-corrected chi connectivity index (χ3v) is 4.85. The highest BCUT2D eigenvalue weighted by Crippen LogP contribution is 2.25. The van der Waals surface area contributed by atoms with Gasteiger partial charge in [-0.15, -0.1) is 11.3 Å². The van der Waals surface area contributed by atoms with Gasteiger partial charge in [-0.2, -0.15) is 0 Å². The van der Waals surface area contributed by atoms with Crippen molar-refractivity contribution in [3.8, 4) is 17.0 Å². The number of methoxy groups -OCH3 is 1. The lowest BCUT2D eigenvalue weighted by atomic mass is 10.1. The fourth-order valence-electron chi connectivity index (χ4n) is 2.65. The molecule has 0 bridgehead atoms. The summed E-state index contributed by atoms with van der Waals surface area (Å²) in [6.45, 7) is 0.322. The number of ether oxygens (including phenoxy) is 1. The zero-order valence-electron chi connectivity index (χ0n) is 14.3. The molecule has 0 aliphatic heterocycles. The molecule has 2 aromatic carbocycles. The molecule has 2 heterocycles. The van der Waals surface area contributed by atoms with E-state index >= 15 is 0 Å². The summed E-state index contributed by atoms with van der Waals surface area (Å²) in [5.74, 6) is -0.0477. The van der Waals surface area contributed by atoms with Crippen LogP contribution in [0.4, 0.5) is 0 Å². The number of hydrogen-bond acceptors (Lipinski definition) is 6. The van der Waals surface area contributed by atoms with Gasteiger partial charge < -0.3 is 14.5 Å². The van der Waals surface area contributed by atoms with Crippen molar-refractivity contribution in [2.45, 2.75) is 6.54 Å². The van der Waals surface area contributed by atoms with E-state index in [4.69, 9.17) is 9.15 Å². The summed E-state index contributed by atoms with van der Waals surface area (Å²) < 4.78 is 10.2. The Hall–Kier alpha value is -3.39. The molecule has 0 aliphatic rings. The van der Waals surface area contributed by atoms with Crippen molar-refractivity contribution in [3.05, 3.63) is 69.0 Å². The molecule has 4 rings (SSSR count). The largest absolute Gasteiger partial charge is 0.497 e. The van der Waals surface area contributed by atoms with Crippen LogP contribution >= 0.6 is 11.3 Å². The maximum atomic E-state index is 12.3. The predicted octanol–water partition coefficient (Wildman–Crippen LogP) is 3.18. The number of fused-ring (bicyclic) bond motifs is 1. The molecule has 0 saturated carbocycles. The third kappa shape index (κ3) is 3.61. The van der Waals surface area contributed by atoms with Crippen LogP contribution in [0.25, 0.3) is 22.4 Å². The van der Waals surface area contributed by atoms with Crippen molar-refractivity contribution in [1.29, 1.82) is 0 Å². The molecule has 1 amide bonds. The first-order chi connectivity index (χ1) is 13.1. The average Bonchev–Trinajstić information content (AvgIpc) is 3.31. The highest BCUT2D eigenvalue weighted by Gasteiger charge is 2.10. The van der Waals surface area contributed by atoms with E-state index in [0.717, 1.165) is 16.3 Å². The zero-order valence-corrected chi connectivity index (χ0v) is 15.1. The predicted molar refractivity (Wildman–Crippen MR) is 102 cm³/mol. The number of aromatic nitrogens is 2. The summed E-state index contributed by atoms with van der Waals surface area (Å²) >= 11 is 1.45. The van der Waals surface area contributed by atoms with Crippen LogP contribution < -0.4 is 15.8 Å². The summed E-state index contributed by atoms with van der Waals surface area (Å²) in [6.07, 6.45) is 0. The Balaban J connectivity index is 1.47. The van der Waals surface area contributed by atoms with Gasteiger partial charge in [0.25, 0.3) is 5.91 Å². The minimum absolute atomic E-state index is 0.193. The molecule has 7 nitrogen and oxygen atoms in total. The molecule has 8 heteroatoms. The number of carbonyl (C=O) groups is 1. The van der Waals surface area contributed by atoms with E-state index in [0.29, 0.717) is 29.0 Å². The second-order valence-electron chi connectivity index (χ2n) is 5.77. The van der Waals surface area contributed by atoms with Crippen LogP contribution in [0.2, 0.25) is 0 Å². The SMILES string of the molecule is COc1cccc(C(=O)NCc2nc(-c3ccc4[nH]c(=O)oc4c3)cs2)c1. The highest BCUT2D eigenvalue weighted by atomic mass is 32.1. The molecule has 4 aromatic rings. The summed E-state index contributed by atoms with van der Waals surface area (Å²) in [5, 5.41) is 5.53. The van der Waals surface area contributed by atoms with Crippen LogP contribution in [0, 0.1) is 0 Å². The van der Waals surface area contributed by atoms with Crippen LogP contribution in [0.3, 0.4) is 0 Å². The molecule has 0 atom stereocenters. The molecule has 2 aromatic heterocycles. The first kappa shape index (κ1) is 17.0. The van der Waals surface area contributed by atoms with Crippen LogP contribution in [0.5, 0.6) is 5.75 Å². The van der Waals surface area contributed by atoms with Crippen LogP contribution in [0.15, 0.2) is 57.1 Å². The fraction of sp³-hybridized carbons (Fsp3) is 0.105. The van der Waals surface area contributed by atoms with Gasteiger partial charge in [0.1, 0.15) is 10.8 Å². The van der Waals surface area contributed by atoms with Crippen molar-refractivity contribution in [3.63, 3.8) is 0 Å². The van der Waals surface area contributed by atoms with Crippen molar-refractivity contribution < 1.29 is 13.9 Å². The molecule has 0 fully saturated rings. The summed E-state index contributed by atoms with van der Waals surface area (Å²) in [5.41, 5.74) is 3.26. The van der Waals surface area contributed by atoms with E-state index < -0.39 is 5.76 Å². The second kappa shape index (κ2) is 7.08. The van der Waals surface area contributed by atoms with Gasteiger partial charge in [0.2, 0.25) is 0 Å². The fourth-order valence-corrected chi connectivity index (χ4v) is 3.39. The zero-order chi connectivity index (χ0) is 18.8. The number of carbonyl (C=O) groups excluding carboxylic acids is 1. The molecule has 0 saturated heterocycles. The number of rotatable bonds is 5. The number of thiazole rings is 1. The van der Waals surface area contributed by atoms with E-state index in [9.17, 15) is 9.59 Å². The Bertz CT molecular complexity index is 1170. The van der Waals surface area contributed by atoms with E-state index in [1.807, 2.05) is 11.4 Å². The quantitative estimate of drug-likeness (QED) is 0.553. The topological polar surface area (TPSA) is 97.2 Å². The number of H-pyrrole nitrogens is 1. The van der Waals surface area contributed by atoms with Crippen LogP contribution in [0.1, 0.15) is 15.4 Å². The Labute approximate surface area is 157 Å². The van der Waals surface area contributed by atoms with Gasteiger partial charge in [0.15, 0.2) is 5.58 Å². The third-order valence-electron chi connectivity index (χ3n) is 4.00. The highest BCUT2D eigenvalue weighted by molar-refractivity contribution is 7.09. The number of nitrogens with one attached hydrogen (secondary N) is 2. The average molecular weight is 381 g/mol. The Kier molecular flexibility index (Phi) is 4.47. The molecule has 136 valence electrons. The van der Waals surface area contributed by atoms with Gasteiger partial charge in [0.05, 0.1) is 24.9 Å². The Morgan fingerprint density at radius 3 is 3.04 bits per heavy atom. The monoisotopic (exact) mass is 381 g/mol. The molecule has 2 N–H and O–H groups in total. The lowest BCUT2D eigenvalue weighted by Crippen LogP contribution is -2.22. The van der Waals surface area contributed by atoms with Gasteiger partial charge in [-0.05, 0) is 30.3 Å². The van der Waals surface area contributed by atoms with Gasteiger partial charge in [-0.1, -0.05) is 12.1 Å². The van der Waals surface area contributed by atoms with E-state index in [-0.39, 0.29) is 5.91 Å². The number of benzene rings is 2. The van der Waals surface area contributed by atoms with E-state index in [1.54, 1.807) is 43.5 Å². The Morgan fingerprint density at radius 2 is 2.19 bits per heavy atom. The van der Waals surface area contributed by atoms with Crippen LogP contribution in [-0.4, -0.2) is 23.0 Å². The first-order valence-corrected chi connectivity index (χ1v) is 9.00. The maximum Gasteiger partial charge on any atom is 0.417 e.